The summed E-state index contributed by atoms with van der Waals surface area (Å²) in [5.74, 6) is -1.87. The van der Waals surface area contributed by atoms with Crippen LogP contribution in [0.3, 0.4) is 0 Å². The van der Waals surface area contributed by atoms with Gasteiger partial charge in [-0.25, -0.2) is 4.79 Å². The summed E-state index contributed by atoms with van der Waals surface area (Å²) in [6.45, 7) is 0.100. The van der Waals surface area contributed by atoms with Gasteiger partial charge in [0, 0.05) is 25.5 Å². The monoisotopic (exact) mass is 411 g/mol. The maximum absolute atomic E-state index is 12.9. The predicted octanol–water partition coefficient (Wildman–Crippen LogP) is 3.19. The van der Waals surface area contributed by atoms with E-state index in [0.717, 1.165) is 12.1 Å². The average Bonchev–Trinajstić information content (AvgIpc) is 2.66. The van der Waals surface area contributed by atoms with Crippen molar-refractivity contribution in [1.29, 1.82) is 0 Å². The summed E-state index contributed by atoms with van der Waals surface area (Å²) in [6.07, 6.45) is -3.23. The van der Waals surface area contributed by atoms with E-state index in [1.54, 1.807) is 0 Å². The van der Waals surface area contributed by atoms with Crippen LogP contribution in [0.2, 0.25) is 0 Å². The molecule has 0 aromatic heterocycles. The number of alkyl halides is 3. The molecule has 0 radical (unpaired) electrons. The Kier molecular flexibility index (Phi) is 5.97. The first-order valence-electron chi connectivity index (χ1n) is 9.01. The summed E-state index contributed by atoms with van der Waals surface area (Å²) in [7, 11) is 1.44. The number of esters is 1. The van der Waals surface area contributed by atoms with Crippen LogP contribution in [-0.2, 0) is 30.0 Å². The Labute approximate surface area is 165 Å². The van der Waals surface area contributed by atoms with Crippen LogP contribution in [0.5, 0.6) is 0 Å². The zero-order valence-electron chi connectivity index (χ0n) is 15.7. The lowest BCUT2D eigenvalue weighted by molar-refractivity contribution is -0.141. The fourth-order valence-electron chi connectivity index (χ4n) is 3.45. The Balaban J connectivity index is 2.04. The van der Waals surface area contributed by atoms with Gasteiger partial charge in [0.1, 0.15) is 17.9 Å². The van der Waals surface area contributed by atoms with Crippen molar-refractivity contribution in [2.24, 2.45) is 5.73 Å². The summed E-state index contributed by atoms with van der Waals surface area (Å²) in [5.41, 5.74) is 5.59. The Hall–Kier alpha value is -2.81. The zero-order valence-corrected chi connectivity index (χ0v) is 15.7. The van der Waals surface area contributed by atoms with Crippen molar-refractivity contribution in [2.75, 3.05) is 20.3 Å². The number of hydrogen-bond donors (Lipinski definition) is 1. The third kappa shape index (κ3) is 4.29. The fraction of sp³-hybridized carbons (Fsp3) is 0.400. The number of carbonyl (C=O) groups is 2. The van der Waals surface area contributed by atoms with Crippen LogP contribution in [0, 0.1) is 0 Å². The van der Waals surface area contributed by atoms with Gasteiger partial charge >= 0.3 is 12.1 Å². The van der Waals surface area contributed by atoms with Crippen LogP contribution < -0.4 is 5.73 Å². The summed E-state index contributed by atoms with van der Waals surface area (Å²) in [4.78, 5) is 25.3. The molecule has 6 nitrogen and oxygen atoms in total. The van der Waals surface area contributed by atoms with Gasteiger partial charge in [-0.05, 0) is 24.1 Å². The molecule has 3 rings (SSSR count). The highest BCUT2D eigenvalue weighted by Crippen LogP contribution is 2.44. The lowest BCUT2D eigenvalue weighted by atomic mass is 9.77. The van der Waals surface area contributed by atoms with Crippen LogP contribution in [0.25, 0.3) is 0 Å². The number of allylic oxidation sites excluding steroid dienone is 2. The number of Topliss-reactive ketones (excluding diaryl/α,β-unsaturated/α-hetero) is 1. The average molecular weight is 411 g/mol. The Morgan fingerprint density at radius 1 is 1.21 bits per heavy atom. The smallest absolute Gasteiger partial charge is 0.416 e. The van der Waals surface area contributed by atoms with Gasteiger partial charge in [0.25, 0.3) is 0 Å². The lowest BCUT2D eigenvalue weighted by Crippen LogP contribution is -2.31. The molecule has 1 aromatic rings. The van der Waals surface area contributed by atoms with Crippen molar-refractivity contribution >= 4 is 11.8 Å². The molecular formula is C20H20F3NO5. The molecule has 9 heteroatoms. The lowest BCUT2D eigenvalue weighted by Gasteiger charge is -2.32. The van der Waals surface area contributed by atoms with Crippen LogP contribution in [0.4, 0.5) is 13.2 Å². The minimum absolute atomic E-state index is 0.0499. The number of rotatable bonds is 5. The maximum atomic E-state index is 12.9. The van der Waals surface area contributed by atoms with Gasteiger partial charge in [-0.2, -0.15) is 13.2 Å². The van der Waals surface area contributed by atoms with E-state index in [9.17, 15) is 22.8 Å². The quantitative estimate of drug-likeness (QED) is 0.592. The van der Waals surface area contributed by atoms with Gasteiger partial charge in [-0.3, -0.25) is 4.79 Å². The molecule has 156 valence electrons. The topological polar surface area (TPSA) is 87.8 Å². The molecule has 0 fully saturated rings. The van der Waals surface area contributed by atoms with Crippen molar-refractivity contribution in [1.82, 2.24) is 0 Å². The van der Waals surface area contributed by atoms with E-state index in [1.807, 2.05) is 0 Å². The Morgan fingerprint density at radius 3 is 2.52 bits per heavy atom. The number of carbonyl (C=O) groups excluding carboxylic acids is 2. The summed E-state index contributed by atoms with van der Waals surface area (Å²) >= 11 is 0. The molecule has 0 saturated carbocycles. The second-order valence-electron chi connectivity index (χ2n) is 6.68. The Morgan fingerprint density at radius 2 is 1.90 bits per heavy atom. The predicted molar refractivity (Wildman–Crippen MR) is 95.2 cm³/mol. The van der Waals surface area contributed by atoms with Crippen LogP contribution in [0.1, 0.15) is 36.3 Å². The van der Waals surface area contributed by atoms with E-state index in [2.05, 4.69) is 0 Å². The van der Waals surface area contributed by atoms with Gasteiger partial charge in [0.05, 0.1) is 18.1 Å². The Bertz CT molecular complexity index is 871. The normalized spacial score (nSPS) is 19.7. The van der Waals surface area contributed by atoms with E-state index in [1.165, 1.54) is 19.2 Å². The molecule has 2 aliphatic rings. The highest BCUT2D eigenvalue weighted by molar-refractivity contribution is 6.03. The largest absolute Gasteiger partial charge is 0.460 e. The molecule has 0 spiro atoms. The van der Waals surface area contributed by atoms with E-state index in [0.29, 0.717) is 24.2 Å². The molecule has 1 aliphatic heterocycles. The van der Waals surface area contributed by atoms with Crippen molar-refractivity contribution in [2.45, 2.75) is 31.4 Å². The molecule has 29 heavy (non-hydrogen) atoms. The van der Waals surface area contributed by atoms with E-state index >= 15 is 0 Å². The number of hydrogen-bond acceptors (Lipinski definition) is 6. The third-order valence-corrected chi connectivity index (χ3v) is 4.80. The minimum Gasteiger partial charge on any atom is -0.460 e. The minimum atomic E-state index is -4.50. The number of nitrogens with two attached hydrogens (primary N) is 1. The molecule has 1 aliphatic carbocycles. The first-order chi connectivity index (χ1) is 13.7. The first kappa shape index (κ1) is 20.9. The summed E-state index contributed by atoms with van der Waals surface area (Å²) in [5, 5.41) is 0. The SMILES string of the molecule is COCCOC(=O)C1=C(N)OC2=C(C(=O)CCC2)C1c1ccc(C(F)(F)F)cc1. The summed E-state index contributed by atoms with van der Waals surface area (Å²) in [6, 6.07) is 4.28. The van der Waals surface area contributed by atoms with Crippen LogP contribution >= 0.6 is 0 Å². The molecule has 0 saturated heterocycles. The zero-order chi connectivity index (χ0) is 21.2. The van der Waals surface area contributed by atoms with Gasteiger partial charge in [0.15, 0.2) is 5.78 Å². The van der Waals surface area contributed by atoms with Crippen molar-refractivity contribution in [3.8, 4) is 0 Å². The van der Waals surface area contributed by atoms with E-state index in [4.69, 9.17) is 19.9 Å². The van der Waals surface area contributed by atoms with Crippen LogP contribution in [0.15, 0.2) is 47.1 Å². The standard InChI is InChI=1S/C20H20F3NO5/c1-27-9-10-28-19(26)17-15(11-5-7-12(8-6-11)20(21,22)23)16-13(25)3-2-4-14(16)29-18(17)24/h5-8,15H,2-4,9-10,24H2,1H3. The van der Waals surface area contributed by atoms with Crippen molar-refractivity contribution < 1.29 is 37.0 Å². The highest BCUT2D eigenvalue weighted by Gasteiger charge is 2.41. The van der Waals surface area contributed by atoms with E-state index in [-0.39, 0.29) is 42.4 Å². The fourth-order valence-corrected chi connectivity index (χ4v) is 3.45. The number of halogens is 3. The molecule has 0 amide bonds. The molecule has 1 atom stereocenters. The van der Waals surface area contributed by atoms with Gasteiger partial charge in [-0.1, -0.05) is 12.1 Å². The second kappa shape index (κ2) is 8.28. The number of methoxy groups -OCH3 is 1. The van der Waals surface area contributed by atoms with Crippen LogP contribution in [-0.4, -0.2) is 32.1 Å². The summed E-state index contributed by atoms with van der Waals surface area (Å²) < 4.78 is 54.3. The molecule has 1 unspecified atom stereocenters. The molecule has 1 heterocycles. The highest BCUT2D eigenvalue weighted by atomic mass is 19.4. The van der Waals surface area contributed by atoms with Gasteiger partial charge in [-0.15, -0.1) is 0 Å². The molecule has 0 bridgehead atoms. The number of ether oxygens (including phenoxy) is 3. The first-order valence-corrected chi connectivity index (χ1v) is 9.01. The molecule has 2 N–H and O–H groups in total. The second-order valence-corrected chi connectivity index (χ2v) is 6.68. The number of ketones is 1. The van der Waals surface area contributed by atoms with Crippen molar-refractivity contribution in [3.63, 3.8) is 0 Å². The maximum Gasteiger partial charge on any atom is 0.416 e. The van der Waals surface area contributed by atoms with Gasteiger partial charge in [0.2, 0.25) is 5.88 Å². The van der Waals surface area contributed by atoms with E-state index < -0.39 is 23.6 Å². The number of benzene rings is 1. The third-order valence-electron chi connectivity index (χ3n) is 4.80. The molecule has 1 aromatic carbocycles. The molecular weight excluding hydrogens is 391 g/mol. The van der Waals surface area contributed by atoms with Crippen molar-refractivity contribution in [3.05, 3.63) is 58.2 Å². The van der Waals surface area contributed by atoms with Gasteiger partial charge < -0.3 is 19.9 Å².